The summed E-state index contributed by atoms with van der Waals surface area (Å²) < 4.78 is 15.2. The molecular formula is C25H23N3O3. The number of ether oxygens (including phenoxy) is 2. The number of para-hydroxylation sites is 2. The third-order valence-corrected chi connectivity index (χ3v) is 5.44. The number of benzene rings is 3. The predicted octanol–water partition coefficient (Wildman–Crippen LogP) is 4.36. The van der Waals surface area contributed by atoms with Crippen LogP contribution in [-0.2, 0) is 13.1 Å². The van der Waals surface area contributed by atoms with Crippen LogP contribution in [0.1, 0.15) is 29.8 Å². The van der Waals surface area contributed by atoms with Gasteiger partial charge in [-0.1, -0.05) is 42.5 Å². The first-order chi connectivity index (χ1) is 14.9. The van der Waals surface area contributed by atoms with Gasteiger partial charge in [0, 0.05) is 19.4 Å². The molecule has 0 fully saturated rings. The van der Waals surface area contributed by atoms with Crippen LogP contribution < -0.4 is 15.1 Å². The summed E-state index contributed by atoms with van der Waals surface area (Å²) in [4.78, 5) is 13.1. The molecule has 2 heterocycles. The molecule has 0 spiro atoms. The third-order valence-electron chi connectivity index (χ3n) is 5.44. The van der Waals surface area contributed by atoms with E-state index in [2.05, 4.69) is 0 Å². The van der Waals surface area contributed by atoms with Gasteiger partial charge >= 0.3 is 0 Å². The average Bonchev–Trinajstić information content (AvgIpc) is 3.21. The van der Waals surface area contributed by atoms with Gasteiger partial charge in [-0.3, -0.25) is 10.2 Å². The number of nitrogens with zero attached hydrogens (tertiary/aromatic N) is 2. The van der Waals surface area contributed by atoms with Crippen molar-refractivity contribution in [1.82, 2.24) is 9.13 Å². The molecule has 5 rings (SSSR count). The molecule has 0 radical (unpaired) electrons. The maximum absolute atomic E-state index is 13.1. The standard InChI is InChI=1S/C25H23N3O3/c1-25(2)30-22-13-12-18(14-23(22)31-25)21(29)16-28-20-11-7-6-10-19(20)27(24(28)26)15-17-8-4-3-5-9-17/h3-14,26H,15-16H2,1-2H3. The van der Waals surface area contributed by atoms with E-state index in [4.69, 9.17) is 14.9 Å². The summed E-state index contributed by atoms with van der Waals surface area (Å²) in [5.74, 6) is 0.378. The molecular weight excluding hydrogens is 390 g/mol. The van der Waals surface area contributed by atoms with Crippen molar-refractivity contribution in [3.63, 3.8) is 0 Å². The fourth-order valence-electron chi connectivity index (χ4n) is 4.01. The highest BCUT2D eigenvalue weighted by Crippen LogP contribution is 2.39. The number of carbonyl (C=O) groups excluding carboxylic acids is 1. The Hall–Kier alpha value is -3.80. The Bertz CT molecular complexity index is 1350. The molecule has 0 amide bonds. The van der Waals surface area contributed by atoms with Crippen LogP contribution in [0.4, 0.5) is 0 Å². The summed E-state index contributed by atoms with van der Waals surface area (Å²) in [6.45, 7) is 4.31. The lowest BCUT2D eigenvalue weighted by Crippen LogP contribution is -2.29. The van der Waals surface area contributed by atoms with Gasteiger partial charge in [0.2, 0.25) is 11.4 Å². The van der Waals surface area contributed by atoms with E-state index in [1.807, 2.05) is 73.0 Å². The number of carbonyl (C=O) groups is 1. The first-order valence-corrected chi connectivity index (χ1v) is 10.2. The topological polar surface area (TPSA) is 69.2 Å². The molecule has 31 heavy (non-hydrogen) atoms. The third kappa shape index (κ3) is 3.50. The SMILES string of the molecule is CC1(C)Oc2ccc(C(=O)Cn3c(=N)n(Cc4ccccc4)c4ccccc43)cc2O1. The molecule has 156 valence electrons. The molecule has 4 aromatic rings. The first kappa shape index (κ1) is 19.2. The van der Waals surface area contributed by atoms with Crippen molar-refractivity contribution >= 4 is 16.8 Å². The fraction of sp³-hybridized carbons (Fsp3) is 0.200. The van der Waals surface area contributed by atoms with Crippen LogP contribution in [0.25, 0.3) is 11.0 Å². The Balaban J connectivity index is 1.49. The molecule has 1 aliphatic rings. The Morgan fingerprint density at radius 1 is 0.871 bits per heavy atom. The Kier molecular flexibility index (Phi) is 4.43. The van der Waals surface area contributed by atoms with Crippen molar-refractivity contribution in [2.24, 2.45) is 0 Å². The van der Waals surface area contributed by atoms with E-state index < -0.39 is 5.79 Å². The number of rotatable bonds is 5. The van der Waals surface area contributed by atoms with Crippen molar-refractivity contribution in [3.05, 3.63) is 89.5 Å². The lowest BCUT2D eigenvalue weighted by Gasteiger charge is -2.16. The molecule has 3 aromatic carbocycles. The highest BCUT2D eigenvalue weighted by Gasteiger charge is 2.32. The molecule has 0 unspecified atom stereocenters. The van der Waals surface area contributed by atoms with Crippen molar-refractivity contribution in [2.75, 3.05) is 0 Å². The number of Topliss-reactive ketones (excluding diaryl/α,β-unsaturated/α-hetero) is 1. The minimum Gasteiger partial charge on any atom is -0.449 e. The van der Waals surface area contributed by atoms with Crippen molar-refractivity contribution in [3.8, 4) is 11.5 Å². The van der Waals surface area contributed by atoms with Crippen molar-refractivity contribution < 1.29 is 14.3 Å². The maximum Gasteiger partial charge on any atom is 0.246 e. The lowest BCUT2D eigenvalue weighted by molar-refractivity contribution is -0.0431. The van der Waals surface area contributed by atoms with Gasteiger partial charge in [0.1, 0.15) is 0 Å². The van der Waals surface area contributed by atoms with E-state index in [-0.39, 0.29) is 12.3 Å². The minimum absolute atomic E-state index is 0.0736. The Morgan fingerprint density at radius 3 is 2.26 bits per heavy atom. The first-order valence-electron chi connectivity index (χ1n) is 10.2. The number of hydrogen-bond acceptors (Lipinski definition) is 4. The normalized spacial score (nSPS) is 14.1. The van der Waals surface area contributed by atoms with E-state index in [9.17, 15) is 4.79 Å². The van der Waals surface area contributed by atoms with Crippen LogP contribution in [0, 0.1) is 5.41 Å². The van der Waals surface area contributed by atoms with E-state index in [0.29, 0.717) is 29.2 Å². The van der Waals surface area contributed by atoms with Gasteiger partial charge in [0.05, 0.1) is 24.1 Å². The van der Waals surface area contributed by atoms with Crippen molar-refractivity contribution in [1.29, 1.82) is 5.41 Å². The zero-order chi connectivity index (χ0) is 21.6. The summed E-state index contributed by atoms with van der Waals surface area (Å²) in [6, 6.07) is 23.1. The summed E-state index contributed by atoms with van der Waals surface area (Å²) in [6.07, 6.45) is 0. The van der Waals surface area contributed by atoms with E-state index in [0.717, 1.165) is 16.6 Å². The molecule has 0 aliphatic carbocycles. The lowest BCUT2D eigenvalue weighted by atomic mass is 10.1. The molecule has 0 saturated carbocycles. The molecule has 0 saturated heterocycles. The molecule has 1 N–H and O–H groups in total. The van der Waals surface area contributed by atoms with Crippen LogP contribution in [0.3, 0.4) is 0 Å². The van der Waals surface area contributed by atoms with Gasteiger partial charge in [-0.25, -0.2) is 0 Å². The molecule has 0 atom stereocenters. The quantitative estimate of drug-likeness (QED) is 0.494. The van der Waals surface area contributed by atoms with Crippen LogP contribution in [0.2, 0.25) is 0 Å². The zero-order valence-corrected chi connectivity index (χ0v) is 17.5. The smallest absolute Gasteiger partial charge is 0.246 e. The number of imidazole rings is 1. The summed E-state index contributed by atoms with van der Waals surface area (Å²) in [7, 11) is 0. The minimum atomic E-state index is -0.738. The summed E-state index contributed by atoms with van der Waals surface area (Å²) in [5, 5.41) is 8.78. The second kappa shape index (κ2) is 7.16. The van der Waals surface area contributed by atoms with Crippen LogP contribution >= 0.6 is 0 Å². The van der Waals surface area contributed by atoms with Crippen molar-refractivity contribution in [2.45, 2.75) is 32.7 Å². The largest absolute Gasteiger partial charge is 0.449 e. The van der Waals surface area contributed by atoms with Gasteiger partial charge in [-0.05, 0) is 35.9 Å². The second-order valence-corrected chi connectivity index (χ2v) is 8.16. The Labute approximate surface area is 179 Å². The summed E-state index contributed by atoms with van der Waals surface area (Å²) >= 11 is 0. The van der Waals surface area contributed by atoms with Crippen LogP contribution in [0.15, 0.2) is 72.8 Å². The van der Waals surface area contributed by atoms with Gasteiger partial charge in [0.15, 0.2) is 17.3 Å². The zero-order valence-electron chi connectivity index (χ0n) is 17.5. The average molecular weight is 413 g/mol. The monoisotopic (exact) mass is 413 g/mol. The highest BCUT2D eigenvalue weighted by atomic mass is 16.7. The number of ketones is 1. The summed E-state index contributed by atoms with van der Waals surface area (Å²) in [5.41, 5.74) is 3.72. The Morgan fingerprint density at radius 2 is 1.52 bits per heavy atom. The van der Waals surface area contributed by atoms with Crippen LogP contribution in [0.5, 0.6) is 11.5 Å². The highest BCUT2D eigenvalue weighted by molar-refractivity contribution is 5.97. The van der Waals surface area contributed by atoms with E-state index in [1.54, 1.807) is 22.8 Å². The molecule has 1 aromatic heterocycles. The second-order valence-electron chi connectivity index (χ2n) is 8.16. The predicted molar refractivity (Wildman–Crippen MR) is 117 cm³/mol. The van der Waals surface area contributed by atoms with E-state index in [1.165, 1.54) is 0 Å². The molecule has 0 bridgehead atoms. The molecule has 6 heteroatoms. The molecule has 6 nitrogen and oxygen atoms in total. The van der Waals surface area contributed by atoms with Crippen LogP contribution in [-0.4, -0.2) is 20.7 Å². The number of fused-ring (bicyclic) bond motifs is 2. The van der Waals surface area contributed by atoms with E-state index >= 15 is 0 Å². The number of hydrogen-bond donors (Lipinski definition) is 1. The molecule has 1 aliphatic heterocycles. The van der Waals surface area contributed by atoms with Gasteiger partial charge < -0.3 is 18.6 Å². The van der Waals surface area contributed by atoms with Gasteiger partial charge in [-0.2, -0.15) is 0 Å². The maximum atomic E-state index is 13.1. The number of nitrogens with one attached hydrogen (secondary N) is 1. The van der Waals surface area contributed by atoms with Gasteiger partial charge in [-0.15, -0.1) is 0 Å². The number of aromatic nitrogens is 2. The van der Waals surface area contributed by atoms with Gasteiger partial charge in [0.25, 0.3) is 0 Å². The fourth-order valence-corrected chi connectivity index (χ4v) is 4.01.